The van der Waals surface area contributed by atoms with Gasteiger partial charge in [0.25, 0.3) is 0 Å². The van der Waals surface area contributed by atoms with Crippen molar-refractivity contribution in [2.24, 2.45) is 0 Å². The first-order chi connectivity index (χ1) is 7.27. The molecule has 1 N–H and O–H groups in total. The van der Waals surface area contributed by atoms with Crippen LogP contribution in [-0.2, 0) is 9.53 Å². The zero-order chi connectivity index (χ0) is 10.7. The molecule has 1 heterocycles. The molecule has 1 saturated carbocycles. The van der Waals surface area contributed by atoms with Gasteiger partial charge in [0.1, 0.15) is 0 Å². The minimum atomic E-state index is -0.0737. The van der Waals surface area contributed by atoms with Crippen LogP contribution in [0.1, 0.15) is 38.5 Å². The molecule has 3 nitrogen and oxygen atoms in total. The minimum absolute atomic E-state index is 0.0586. The SMILES string of the molecule is C=CC(=O)N[C@@H]1CCC[C@]12CCCCO2. The predicted molar refractivity (Wildman–Crippen MR) is 58.5 cm³/mol. The summed E-state index contributed by atoms with van der Waals surface area (Å²) < 4.78 is 5.94. The van der Waals surface area contributed by atoms with Crippen LogP contribution in [0.25, 0.3) is 0 Å². The lowest BCUT2D eigenvalue weighted by Gasteiger charge is -2.39. The Bertz CT molecular complexity index is 256. The molecule has 1 saturated heterocycles. The van der Waals surface area contributed by atoms with Crippen molar-refractivity contribution >= 4 is 5.91 Å². The van der Waals surface area contributed by atoms with Crippen molar-refractivity contribution in [2.75, 3.05) is 6.61 Å². The van der Waals surface area contributed by atoms with Crippen molar-refractivity contribution in [1.29, 1.82) is 0 Å². The summed E-state index contributed by atoms with van der Waals surface area (Å²) >= 11 is 0. The molecule has 1 aliphatic heterocycles. The number of ether oxygens (including phenoxy) is 1. The fourth-order valence-corrected chi connectivity index (χ4v) is 2.82. The van der Waals surface area contributed by atoms with Crippen LogP contribution in [-0.4, -0.2) is 24.2 Å². The number of amides is 1. The van der Waals surface area contributed by atoms with Crippen molar-refractivity contribution in [3.8, 4) is 0 Å². The van der Waals surface area contributed by atoms with Gasteiger partial charge in [-0.1, -0.05) is 6.58 Å². The van der Waals surface area contributed by atoms with Gasteiger partial charge in [-0.15, -0.1) is 0 Å². The van der Waals surface area contributed by atoms with E-state index in [1.165, 1.54) is 12.5 Å². The molecule has 3 heteroatoms. The summed E-state index contributed by atoms with van der Waals surface area (Å²) in [5.74, 6) is -0.0737. The number of carbonyl (C=O) groups excluding carboxylic acids is 1. The molecular formula is C12H19NO2. The zero-order valence-electron chi connectivity index (χ0n) is 9.13. The van der Waals surface area contributed by atoms with Gasteiger partial charge in [-0.2, -0.15) is 0 Å². The maximum Gasteiger partial charge on any atom is 0.243 e. The van der Waals surface area contributed by atoms with E-state index < -0.39 is 0 Å². The highest BCUT2D eigenvalue weighted by Crippen LogP contribution is 2.40. The Hall–Kier alpha value is -0.830. The van der Waals surface area contributed by atoms with Gasteiger partial charge in [-0.25, -0.2) is 0 Å². The Kier molecular flexibility index (Phi) is 3.10. The van der Waals surface area contributed by atoms with Gasteiger partial charge in [0, 0.05) is 6.61 Å². The van der Waals surface area contributed by atoms with Crippen molar-refractivity contribution in [3.05, 3.63) is 12.7 Å². The average molecular weight is 209 g/mol. The predicted octanol–water partition coefficient (Wildman–Crippen LogP) is 1.78. The van der Waals surface area contributed by atoms with Gasteiger partial charge >= 0.3 is 0 Å². The Morgan fingerprint density at radius 3 is 2.87 bits per heavy atom. The molecule has 2 rings (SSSR count). The third-order valence-electron chi connectivity index (χ3n) is 3.61. The third kappa shape index (κ3) is 2.07. The summed E-state index contributed by atoms with van der Waals surface area (Å²) in [6.07, 6.45) is 8.10. The highest BCUT2D eigenvalue weighted by atomic mass is 16.5. The van der Waals surface area contributed by atoms with E-state index in [2.05, 4.69) is 11.9 Å². The first-order valence-electron chi connectivity index (χ1n) is 5.84. The Morgan fingerprint density at radius 1 is 1.40 bits per heavy atom. The fourth-order valence-electron chi connectivity index (χ4n) is 2.82. The largest absolute Gasteiger partial charge is 0.373 e. The molecule has 0 unspecified atom stereocenters. The van der Waals surface area contributed by atoms with E-state index in [1.807, 2.05) is 0 Å². The molecule has 2 aliphatic rings. The molecule has 0 radical (unpaired) electrons. The molecule has 15 heavy (non-hydrogen) atoms. The highest BCUT2D eigenvalue weighted by molar-refractivity contribution is 5.87. The molecule has 0 aromatic heterocycles. The number of rotatable bonds is 2. The molecule has 1 spiro atoms. The summed E-state index contributed by atoms with van der Waals surface area (Å²) in [5, 5.41) is 3.01. The van der Waals surface area contributed by atoms with Crippen molar-refractivity contribution in [1.82, 2.24) is 5.32 Å². The second kappa shape index (κ2) is 4.35. The van der Waals surface area contributed by atoms with Crippen molar-refractivity contribution in [3.63, 3.8) is 0 Å². The van der Waals surface area contributed by atoms with E-state index in [0.29, 0.717) is 0 Å². The van der Waals surface area contributed by atoms with Crippen LogP contribution in [0.3, 0.4) is 0 Å². The van der Waals surface area contributed by atoms with Crippen LogP contribution in [0.15, 0.2) is 12.7 Å². The lowest BCUT2D eigenvalue weighted by Crippen LogP contribution is -2.51. The standard InChI is InChI=1S/C12H19NO2/c1-2-11(14)13-10-6-5-8-12(10)7-3-4-9-15-12/h2,10H,1,3-9H2,(H,13,14)/t10-,12-/m1/s1. The van der Waals surface area contributed by atoms with Gasteiger partial charge in [0.05, 0.1) is 11.6 Å². The van der Waals surface area contributed by atoms with E-state index in [1.54, 1.807) is 0 Å². The van der Waals surface area contributed by atoms with Crippen LogP contribution in [0.2, 0.25) is 0 Å². The molecule has 0 aromatic carbocycles. The molecular weight excluding hydrogens is 190 g/mol. The second-order valence-electron chi connectivity index (χ2n) is 4.53. The maximum absolute atomic E-state index is 11.3. The van der Waals surface area contributed by atoms with Crippen LogP contribution < -0.4 is 5.32 Å². The van der Waals surface area contributed by atoms with E-state index in [9.17, 15) is 4.79 Å². The highest BCUT2D eigenvalue weighted by Gasteiger charge is 2.45. The Labute approximate surface area is 90.9 Å². The van der Waals surface area contributed by atoms with Crippen molar-refractivity contribution < 1.29 is 9.53 Å². The molecule has 84 valence electrons. The first kappa shape index (κ1) is 10.7. The number of hydrogen-bond donors (Lipinski definition) is 1. The third-order valence-corrected chi connectivity index (χ3v) is 3.61. The van der Waals surface area contributed by atoms with Crippen LogP contribution in [0.4, 0.5) is 0 Å². The van der Waals surface area contributed by atoms with E-state index in [0.717, 1.165) is 38.7 Å². The molecule has 0 bridgehead atoms. The van der Waals surface area contributed by atoms with Crippen LogP contribution >= 0.6 is 0 Å². The van der Waals surface area contributed by atoms with Gasteiger partial charge in [0.15, 0.2) is 0 Å². The summed E-state index contributed by atoms with van der Waals surface area (Å²) in [6, 6.07) is 0.197. The molecule has 0 aromatic rings. The quantitative estimate of drug-likeness (QED) is 0.704. The van der Waals surface area contributed by atoms with Gasteiger partial charge in [-0.05, 0) is 44.6 Å². The number of hydrogen-bond acceptors (Lipinski definition) is 2. The monoisotopic (exact) mass is 209 g/mol. The molecule has 2 atom stereocenters. The average Bonchev–Trinajstić information content (AvgIpc) is 2.63. The summed E-state index contributed by atoms with van der Waals surface area (Å²) in [7, 11) is 0. The van der Waals surface area contributed by atoms with Gasteiger partial charge in [-0.3, -0.25) is 4.79 Å². The van der Waals surface area contributed by atoms with E-state index >= 15 is 0 Å². The van der Waals surface area contributed by atoms with Crippen LogP contribution in [0.5, 0.6) is 0 Å². The molecule has 2 fully saturated rings. The Balaban J connectivity index is 2.02. The van der Waals surface area contributed by atoms with E-state index in [4.69, 9.17) is 4.74 Å². The smallest absolute Gasteiger partial charge is 0.243 e. The summed E-state index contributed by atoms with van der Waals surface area (Å²) in [4.78, 5) is 11.3. The molecule has 1 aliphatic carbocycles. The first-order valence-corrected chi connectivity index (χ1v) is 5.84. The van der Waals surface area contributed by atoms with E-state index in [-0.39, 0.29) is 17.6 Å². The normalized spacial score (nSPS) is 35.3. The Morgan fingerprint density at radius 2 is 2.20 bits per heavy atom. The number of nitrogens with one attached hydrogen (secondary N) is 1. The lowest BCUT2D eigenvalue weighted by molar-refractivity contribution is -0.123. The summed E-state index contributed by atoms with van der Waals surface area (Å²) in [6.45, 7) is 4.33. The minimum Gasteiger partial charge on any atom is -0.373 e. The van der Waals surface area contributed by atoms with Crippen LogP contribution in [0, 0.1) is 0 Å². The second-order valence-corrected chi connectivity index (χ2v) is 4.53. The molecule has 1 amide bonds. The number of carbonyl (C=O) groups is 1. The zero-order valence-corrected chi connectivity index (χ0v) is 9.13. The lowest BCUT2D eigenvalue weighted by atomic mass is 9.88. The summed E-state index contributed by atoms with van der Waals surface area (Å²) in [5.41, 5.74) is -0.0586. The van der Waals surface area contributed by atoms with Gasteiger partial charge in [0.2, 0.25) is 5.91 Å². The maximum atomic E-state index is 11.3. The van der Waals surface area contributed by atoms with Gasteiger partial charge < -0.3 is 10.1 Å². The topological polar surface area (TPSA) is 38.3 Å². The fraction of sp³-hybridized carbons (Fsp3) is 0.750. The van der Waals surface area contributed by atoms with Crippen molar-refractivity contribution in [2.45, 2.75) is 50.2 Å².